The third-order valence-corrected chi connectivity index (χ3v) is 4.38. The first-order chi connectivity index (χ1) is 9.60. The van der Waals surface area contributed by atoms with E-state index in [1.807, 2.05) is 38.1 Å². The molecule has 0 bridgehead atoms. The van der Waals surface area contributed by atoms with Gasteiger partial charge in [-0.3, -0.25) is 14.7 Å². The lowest BCUT2D eigenvalue weighted by Gasteiger charge is -2.34. The van der Waals surface area contributed by atoms with Gasteiger partial charge in [0, 0.05) is 23.3 Å². The minimum atomic E-state index is -0.444. The normalized spacial score (nSPS) is 16.7. The quantitative estimate of drug-likeness (QED) is 0.801. The molecule has 20 heavy (non-hydrogen) atoms. The first kappa shape index (κ1) is 13.3. The van der Waals surface area contributed by atoms with Gasteiger partial charge in [-0.15, -0.1) is 0 Å². The number of rotatable bonds is 3. The van der Waals surface area contributed by atoms with Crippen LogP contribution in [0.4, 0.5) is 0 Å². The van der Waals surface area contributed by atoms with E-state index in [1.165, 1.54) is 12.8 Å². The molecule has 0 amide bonds. The Labute approximate surface area is 119 Å². The van der Waals surface area contributed by atoms with E-state index in [4.69, 9.17) is 0 Å². The van der Waals surface area contributed by atoms with E-state index in [-0.39, 0.29) is 5.78 Å². The van der Waals surface area contributed by atoms with Gasteiger partial charge in [-0.05, 0) is 51.2 Å². The summed E-state index contributed by atoms with van der Waals surface area (Å²) < 4.78 is 0. The molecule has 0 radical (unpaired) electrons. The van der Waals surface area contributed by atoms with E-state index in [0.717, 1.165) is 29.4 Å². The van der Waals surface area contributed by atoms with Crippen LogP contribution in [0.25, 0.3) is 10.8 Å². The highest BCUT2D eigenvalue weighted by atomic mass is 16.1. The van der Waals surface area contributed by atoms with Crippen molar-refractivity contribution < 1.29 is 4.79 Å². The molecule has 3 rings (SSSR count). The molecule has 3 heteroatoms. The number of ketones is 1. The second-order valence-corrected chi connectivity index (χ2v) is 5.98. The zero-order valence-corrected chi connectivity index (χ0v) is 12.1. The van der Waals surface area contributed by atoms with Crippen molar-refractivity contribution in [1.29, 1.82) is 0 Å². The maximum absolute atomic E-state index is 13.0. The second-order valence-electron chi connectivity index (χ2n) is 5.98. The van der Waals surface area contributed by atoms with Crippen LogP contribution >= 0.6 is 0 Å². The van der Waals surface area contributed by atoms with Gasteiger partial charge in [0.2, 0.25) is 0 Å². The summed E-state index contributed by atoms with van der Waals surface area (Å²) >= 11 is 0. The fourth-order valence-electron chi connectivity index (χ4n) is 3.06. The van der Waals surface area contributed by atoms with Gasteiger partial charge < -0.3 is 0 Å². The Morgan fingerprint density at radius 1 is 1.20 bits per heavy atom. The predicted octanol–water partition coefficient (Wildman–Crippen LogP) is 3.29. The molecule has 1 aromatic carbocycles. The number of aromatic nitrogens is 1. The van der Waals surface area contributed by atoms with Crippen LogP contribution in [0.1, 0.15) is 37.0 Å². The highest BCUT2D eigenvalue weighted by Crippen LogP contribution is 2.28. The molecule has 1 aliphatic rings. The Balaban J connectivity index is 2.04. The number of hydrogen-bond acceptors (Lipinski definition) is 3. The van der Waals surface area contributed by atoms with Crippen molar-refractivity contribution in [2.24, 2.45) is 0 Å². The summed E-state index contributed by atoms with van der Waals surface area (Å²) in [5, 5.41) is 2.02. The van der Waals surface area contributed by atoms with Gasteiger partial charge in [0.05, 0.1) is 5.54 Å². The van der Waals surface area contributed by atoms with E-state index in [2.05, 4.69) is 9.88 Å². The maximum Gasteiger partial charge on any atom is 0.183 e. The standard InChI is InChI=1S/C17H20N2O/c1-17(2,19-10-3-4-11-19)16(20)14-7-5-6-13-8-9-18-12-15(13)14/h5-9,12H,3-4,10-11H2,1-2H3. The number of Topliss-reactive ketones (excluding diaryl/α,β-unsaturated/α-hetero) is 1. The number of benzene rings is 1. The van der Waals surface area contributed by atoms with E-state index >= 15 is 0 Å². The van der Waals surface area contributed by atoms with Crippen LogP contribution in [-0.4, -0.2) is 34.3 Å². The molecule has 2 aromatic rings. The van der Waals surface area contributed by atoms with Crippen LogP contribution in [0.2, 0.25) is 0 Å². The van der Waals surface area contributed by atoms with Crippen LogP contribution in [-0.2, 0) is 0 Å². The van der Waals surface area contributed by atoms with Crippen molar-refractivity contribution in [2.45, 2.75) is 32.2 Å². The lowest BCUT2D eigenvalue weighted by molar-refractivity contribution is 0.0704. The van der Waals surface area contributed by atoms with Gasteiger partial charge in [0.15, 0.2) is 5.78 Å². The summed E-state index contributed by atoms with van der Waals surface area (Å²) in [4.78, 5) is 19.5. The third kappa shape index (κ3) is 2.12. The summed E-state index contributed by atoms with van der Waals surface area (Å²) in [6.07, 6.45) is 5.94. The zero-order chi connectivity index (χ0) is 14.2. The van der Waals surface area contributed by atoms with E-state index < -0.39 is 5.54 Å². The highest BCUT2D eigenvalue weighted by molar-refractivity contribution is 6.11. The first-order valence-corrected chi connectivity index (χ1v) is 7.23. The molecule has 0 saturated carbocycles. The summed E-state index contributed by atoms with van der Waals surface area (Å²) in [7, 11) is 0. The Morgan fingerprint density at radius 2 is 1.95 bits per heavy atom. The number of carbonyl (C=O) groups is 1. The molecule has 0 spiro atoms. The van der Waals surface area contributed by atoms with Gasteiger partial charge in [0.1, 0.15) is 0 Å². The second kappa shape index (κ2) is 4.98. The molecule has 0 N–H and O–H groups in total. The monoisotopic (exact) mass is 268 g/mol. The Kier molecular flexibility index (Phi) is 3.30. The largest absolute Gasteiger partial charge is 0.292 e. The molecule has 0 atom stereocenters. The van der Waals surface area contributed by atoms with Crippen molar-refractivity contribution >= 4 is 16.6 Å². The van der Waals surface area contributed by atoms with Crippen LogP contribution in [0, 0.1) is 0 Å². The molecular formula is C17H20N2O. The van der Waals surface area contributed by atoms with E-state index in [9.17, 15) is 4.79 Å². The number of pyridine rings is 1. The number of carbonyl (C=O) groups excluding carboxylic acids is 1. The smallest absolute Gasteiger partial charge is 0.183 e. The SMILES string of the molecule is CC(C)(C(=O)c1cccc2ccncc12)N1CCCC1. The van der Waals surface area contributed by atoms with E-state index in [1.54, 1.807) is 12.4 Å². The first-order valence-electron chi connectivity index (χ1n) is 7.23. The van der Waals surface area contributed by atoms with Crippen molar-refractivity contribution in [2.75, 3.05) is 13.1 Å². The molecule has 3 nitrogen and oxygen atoms in total. The lowest BCUT2D eigenvalue weighted by Crippen LogP contribution is -2.48. The van der Waals surface area contributed by atoms with Crippen LogP contribution in [0.5, 0.6) is 0 Å². The number of likely N-dealkylation sites (tertiary alicyclic amines) is 1. The van der Waals surface area contributed by atoms with Crippen molar-refractivity contribution in [3.05, 3.63) is 42.2 Å². The summed E-state index contributed by atoms with van der Waals surface area (Å²) in [6, 6.07) is 7.85. The highest BCUT2D eigenvalue weighted by Gasteiger charge is 2.36. The van der Waals surface area contributed by atoms with Gasteiger partial charge in [-0.1, -0.05) is 18.2 Å². The molecular weight excluding hydrogens is 248 g/mol. The molecule has 0 aliphatic carbocycles. The summed E-state index contributed by atoms with van der Waals surface area (Å²) in [6.45, 7) is 6.11. The summed E-state index contributed by atoms with van der Waals surface area (Å²) in [5.74, 6) is 0.193. The number of fused-ring (bicyclic) bond motifs is 1. The molecule has 104 valence electrons. The van der Waals surface area contributed by atoms with Gasteiger partial charge >= 0.3 is 0 Å². The summed E-state index contributed by atoms with van der Waals surface area (Å²) in [5.41, 5.74) is 0.341. The lowest BCUT2D eigenvalue weighted by atomic mass is 9.89. The van der Waals surface area contributed by atoms with E-state index in [0.29, 0.717) is 0 Å². The van der Waals surface area contributed by atoms with Crippen LogP contribution < -0.4 is 0 Å². The van der Waals surface area contributed by atoms with Gasteiger partial charge in [-0.25, -0.2) is 0 Å². The van der Waals surface area contributed by atoms with Crippen LogP contribution in [0.15, 0.2) is 36.7 Å². The average Bonchev–Trinajstić information content (AvgIpc) is 3.01. The minimum Gasteiger partial charge on any atom is -0.292 e. The molecule has 1 saturated heterocycles. The van der Waals surface area contributed by atoms with Crippen molar-refractivity contribution in [1.82, 2.24) is 9.88 Å². The molecule has 2 heterocycles. The van der Waals surface area contributed by atoms with Crippen molar-refractivity contribution in [3.8, 4) is 0 Å². The fraction of sp³-hybridized carbons (Fsp3) is 0.412. The molecule has 0 unspecified atom stereocenters. The third-order valence-electron chi connectivity index (χ3n) is 4.38. The average molecular weight is 268 g/mol. The number of nitrogens with zero attached hydrogens (tertiary/aromatic N) is 2. The topological polar surface area (TPSA) is 33.2 Å². The Bertz CT molecular complexity index is 637. The predicted molar refractivity (Wildman–Crippen MR) is 81.0 cm³/mol. The minimum absolute atomic E-state index is 0.193. The van der Waals surface area contributed by atoms with Crippen LogP contribution in [0.3, 0.4) is 0 Å². The maximum atomic E-state index is 13.0. The molecule has 1 fully saturated rings. The Hall–Kier alpha value is -1.74. The van der Waals surface area contributed by atoms with Gasteiger partial charge in [-0.2, -0.15) is 0 Å². The van der Waals surface area contributed by atoms with Crippen molar-refractivity contribution in [3.63, 3.8) is 0 Å². The molecule has 1 aromatic heterocycles. The molecule has 1 aliphatic heterocycles. The Morgan fingerprint density at radius 3 is 2.70 bits per heavy atom. The fourth-order valence-corrected chi connectivity index (χ4v) is 3.06. The zero-order valence-electron chi connectivity index (χ0n) is 12.1. The number of hydrogen-bond donors (Lipinski definition) is 0. The van der Waals surface area contributed by atoms with Gasteiger partial charge in [0.25, 0.3) is 0 Å².